The van der Waals surface area contributed by atoms with Crippen molar-refractivity contribution in [2.24, 2.45) is 0 Å². The molecule has 0 radical (unpaired) electrons. The molecule has 0 amide bonds. The number of anilines is 1. The Morgan fingerprint density at radius 3 is 2.62 bits per heavy atom. The summed E-state index contributed by atoms with van der Waals surface area (Å²) in [5.41, 5.74) is 9.21. The summed E-state index contributed by atoms with van der Waals surface area (Å²) in [6, 6.07) is 11.8. The molecule has 0 heterocycles. The van der Waals surface area contributed by atoms with Crippen LogP contribution in [0.15, 0.2) is 41.3 Å². The van der Waals surface area contributed by atoms with Crippen molar-refractivity contribution in [3.63, 3.8) is 0 Å². The molecular weight excluding hydrogens is 302 g/mol. The highest BCUT2D eigenvalue weighted by atomic mass is 35.5. The Bertz CT molecular complexity index is 616. The minimum atomic E-state index is 0.676. The van der Waals surface area contributed by atoms with Crippen molar-refractivity contribution in [2.45, 2.75) is 25.2 Å². The van der Waals surface area contributed by atoms with E-state index in [1.807, 2.05) is 18.2 Å². The van der Waals surface area contributed by atoms with Gasteiger partial charge in [0.2, 0.25) is 0 Å². The summed E-state index contributed by atoms with van der Waals surface area (Å²) < 4.78 is 5.76. The summed E-state index contributed by atoms with van der Waals surface area (Å²) in [6.07, 6.45) is 0.972. The van der Waals surface area contributed by atoms with Crippen molar-refractivity contribution in [3.8, 4) is 5.75 Å². The highest BCUT2D eigenvalue weighted by Crippen LogP contribution is 2.28. The third-order valence-corrected chi connectivity index (χ3v) is 4.68. The van der Waals surface area contributed by atoms with Crippen LogP contribution in [0, 0.1) is 13.8 Å². The van der Waals surface area contributed by atoms with E-state index in [4.69, 9.17) is 22.1 Å². The fourth-order valence-corrected chi connectivity index (χ4v) is 2.94. The topological polar surface area (TPSA) is 35.2 Å². The molecule has 0 aliphatic heterocycles. The minimum absolute atomic E-state index is 0.676. The predicted octanol–water partition coefficient (Wildman–Crippen LogP) is 5.10. The Labute approximate surface area is 135 Å². The van der Waals surface area contributed by atoms with Crippen LogP contribution in [0.5, 0.6) is 5.75 Å². The lowest BCUT2D eigenvalue weighted by atomic mass is 10.1. The zero-order valence-electron chi connectivity index (χ0n) is 12.4. The number of halogens is 1. The molecule has 2 aromatic carbocycles. The summed E-state index contributed by atoms with van der Waals surface area (Å²) in [7, 11) is 0. The zero-order valence-corrected chi connectivity index (χ0v) is 13.9. The van der Waals surface area contributed by atoms with Crippen LogP contribution in [0.1, 0.15) is 17.5 Å². The second kappa shape index (κ2) is 7.62. The van der Waals surface area contributed by atoms with Gasteiger partial charge in [0, 0.05) is 21.4 Å². The number of ether oxygens (including phenoxy) is 1. The lowest BCUT2D eigenvalue weighted by Gasteiger charge is -2.09. The number of nitrogens with two attached hydrogens (primary N) is 1. The molecule has 2 nitrogen and oxygen atoms in total. The fourth-order valence-electron chi connectivity index (χ4n) is 1.89. The molecule has 0 bridgehead atoms. The van der Waals surface area contributed by atoms with Crippen molar-refractivity contribution in [3.05, 3.63) is 52.5 Å². The predicted molar refractivity (Wildman–Crippen MR) is 92.6 cm³/mol. The average molecular weight is 322 g/mol. The molecule has 0 saturated carbocycles. The molecule has 2 N–H and O–H groups in total. The van der Waals surface area contributed by atoms with Crippen LogP contribution in [0.2, 0.25) is 5.02 Å². The van der Waals surface area contributed by atoms with Gasteiger partial charge in [0.25, 0.3) is 0 Å². The number of nitrogen functional groups attached to an aromatic ring is 1. The Balaban J connectivity index is 1.73. The third kappa shape index (κ3) is 4.87. The van der Waals surface area contributed by atoms with Gasteiger partial charge in [0.1, 0.15) is 5.75 Å². The normalized spacial score (nSPS) is 10.6. The SMILES string of the molecule is Cc1ccc(OCCCSc2ccc(Cl)cc2N)cc1C. The molecule has 0 aliphatic carbocycles. The van der Waals surface area contributed by atoms with Gasteiger partial charge in [-0.25, -0.2) is 0 Å². The van der Waals surface area contributed by atoms with Crippen LogP contribution in [0.3, 0.4) is 0 Å². The van der Waals surface area contributed by atoms with E-state index < -0.39 is 0 Å². The Hall–Kier alpha value is -1.32. The third-order valence-electron chi connectivity index (χ3n) is 3.27. The molecule has 0 aromatic heterocycles. The molecule has 112 valence electrons. The Kier molecular flexibility index (Phi) is 5.83. The van der Waals surface area contributed by atoms with Gasteiger partial charge in [-0.3, -0.25) is 0 Å². The average Bonchev–Trinajstić information content (AvgIpc) is 2.44. The lowest BCUT2D eigenvalue weighted by Crippen LogP contribution is -1.99. The summed E-state index contributed by atoms with van der Waals surface area (Å²) in [5.74, 6) is 1.91. The first kappa shape index (κ1) is 16.1. The summed E-state index contributed by atoms with van der Waals surface area (Å²) in [6.45, 7) is 4.91. The standard InChI is InChI=1S/C17H20ClNOS/c1-12-4-6-15(10-13(12)2)20-8-3-9-21-17-7-5-14(18)11-16(17)19/h4-7,10-11H,3,8-9,19H2,1-2H3. The molecule has 2 aromatic rings. The van der Waals surface area contributed by atoms with E-state index in [2.05, 4.69) is 26.0 Å². The zero-order chi connectivity index (χ0) is 15.2. The maximum Gasteiger partial charge on any atom is 0.119 e. The fraction of sp³-hybridized carbons (Fsp3) is 0.294. The molecule has 0 saturated heterocycles. The van der Waals surface area contributed by atoms with Crippen molar-refractivity contribution < 1.29 is 4.74 Å². The maximum absolute atomic E-state index is 5.92. The van der Waals surface area contributed by atoms with E-state index in [-0.39, 0.29) is 0 Å². The Morgan fingerprint density at radius 2 is 1.90 bits per heavy atom. The molecule has 0 fully saturated rings. The van der Waals surface area contributed by atoms with E-state index in [0.717, 1.165) is 28.5 Å². The number of hydrogen-bond acceptors (Lipinski definition) is 3. The van der Waals surface area contributed by atoms with Gasteiger partial charge in [-0.15, -0.1) is 11.8 Å². The number of benzene rings is 2. The van der Waals surface area contributed by atoms with Gasteiger partial charge in [-0.2, -0.15) is 0 Å². The highest BCUT2D eigenvalue weighted by molar-refractivity contribution is 7.99. The first-order chi connectivity index (χ1) is 10.1. The van der Waals surface area contributed by atoms with Crippen LogP contribution in [0.4, 0.5) is 5.69 Å². The lowest BCUT2D eigenvalue weighted by molar-refractivity contribution is 0.318. The van der Waals surface area contributed by atoms with Crippen LogP contribution in [-0.2, 0) is 0 Å². The molecule has 0 unspecified atom stereocenters. The minimum Gasteiger partial charge on any atom is -0.494 e. The Morgan fingerprint density at radius 1 is 1.10 bits per heavy atom. The van der Waals surface area contributed by atoms with E-state index in [1.54, 1.807) is 17.8 Å². The molecule has 0 aliphatic rings. The van der Waals surface area contributed by atoms with Crippen molar-refractivity contribution in [1.82, 2.24) is 0 Å². The highest BCUT2D eigenvalue weighted by Gasteiger charge is 2.01. The largest absolute Gasteiger partial charge is 0.494 e. The van der Waals surface area contributed by atoms with Crippen molar-refractivity contribution in [1.29, 1.82) is 0 Å². The van der Waals surface area contributed by atoms with Gasteiger partial charge < -0.3 is 10.5 Å². The molecule has 4 heteroatoms. The van der Waals surface area contributed by atoms with Crippen molar-refractivity contribution in [2.75, 3.05) is 18.1 Å². The summed E-state index contributed by atoms with van der Waals surface area (Å²) in [5, 5.41) is 0.676. The van der Waals surface area contributed by atoms with Gasteiger partial charge in [-0.1, -0.05) is 17.7 Å². The number of rotatable bonds is 6. The first-order valence-electron chi connectivity index (χ1n) is 6.94. The van der Waals surface area contributed by atoms with E-state index in [1.165, 1.54) is 11.1 Å². The molecule has 0 spiro atoms. The van der Waals surface area contributed by atoms with Crippen molar-refractivity contribution >= 4 is 29.1 Å². The van der Waals surface area contributed by atoms with Gasteiger partial charge in [-0.05, 0) is 61.7 Å². The van der Waals surface area contributed by atoms with Gasteiger partial charge in [0.05, 0.1) is 6.61 Å². The molecule has 0 atom stereocenters. The van der Waals surface area contributed by atoms with E-state index in [9.17, 15) is 0 Å². The molecular formula is C17H20ClNOS. The smallest absolute Gasteiger partial charge is 0.119 e. The van der Waals surface area contributed by atoms with E-state index in [0.29, 0.717) is 11.6 Å². The quantitative estimate of drug-likeness (QED) is 0.456. The number of aryl methyl sites for hydroxylation is 2. The number of hydrogen-bond donors (Lipinski definition) is 1. The van der Waals surface area contributed by atoms with Crippen LogP contribution >= 0.6 is 23.4 Å². The maximum atomic E-state index is 5.92. The van der Waals surface area contributed by atoms with Crippen LogP contribution in [0.25, 0.3) is 0 Å². The second-order valence-electron chi connectivity index (χ2n) is 4.98. The second-order valence-corrected chi connectivity index (χ2v) is 6.55. The molecule has 2 rings (SSSR count). The van der Waals surface area contributed by atoms with Gasteiger partial charge in [0.15, 0.2) is 0 Å². The van der Waals surface area contributed by atoms with Crippen LogP contribution in [-0.4, -0.2) is 12.4 Å². The number of thioether (sulfide) groups is 1. The van der Waals surface area contributed by atoms with Crippen LogP contribution < -0.4 is 10.5 Å². The summed E-state index contributed by atoms with van der Waals surface area (Å²) >= 11 is 7.62. The monoisotopic (exact) mass is 321 g/mol. The molecule has 21 heavy (non-hydrogen) atoms. The first-order valence-corrected chi connectivity index (χ1v) is 8.30. The van der Waals surface area contributed by atoms with E-state index >= 15 is 0 Å². The van der Waals surface area contributed by atoms with Gasteiger partial charge >= 0.3 is 0 Å². The summed E-state index contributed by atoms with van der Waals surface area (Å²) in [4.78, 5) is 1.07.